The standard InChI is InChI=1S/C8H5FN2O2/c1-5-7(9)2-6(4-10)3-8(5)11(12)13/h2-3H,1H3. The van der Waals surface area contributed by atoms with Crippen molar-refractivity contribution in [1.29, 1.82) is 5.26 Å². The molecule has 0 aromatic heterocycles. The maximum atomic E-state index is 12.9. The highest BCUT2D eigenvalue weighted by Crippen LogP contribution is 2.21. The average Bonchev–Trinajstić information content (AvgIpc) is 2.09. The third kappa shape index (κ3) is 1.62. The molecule has 4 nitrogen and oxygen atoms in total. The van der Waals surface area contributed by atoms with Crippen LogP contribution in [0, 0.1) is 34.2 Å². The van der Waals surface area contributed by atoms with E-state index in [1.54, 1.807) is 6.07 Å². The molecule has 0 aliphatic heterocycles. The molecule has 0 N–H and O–H groups in total. The molecule has 0 fully saturated rings. The monoisotopic (exact) mass is 180 g/mol. The van der Waals surface area contributed by atoms with E-state index in [4.69, 9.17) is 5.26 Å². The number of hydrogen-bond donors (Lipinski definition) is 0. The van der Waals surface area contributed by atoms with Crippen molar-refractivity contribution in [3.05, 3.63) is 39.2 Å². The Kier molecular flexibility index (Phi) is 2.24. The number of nitro groups is 1. The molecule has 5 heteroatoms. The summed E-state index contributed by atoms with van der Waals surface area (Å²) in [7, 11) is 0. The normalized spacial score (nSPS) is 9.31. The zero-order chi connectivity index (χ0) is 10.0. The van der Waals surface area contributed by atoms with Gasteiger partial charge in [-0.05, 0) is 13.0 Å². The van der Waals surface area contributed by atoms with E-state index in [0.717, 1.165) is 12.1 Å². The van der Waals surface area contributed by atoms with Crippen molar-refractivity contribution in [2.24, 2.45) is 0 Å². The number of nitro benzene ring substituents is 1. The number of rotatable bonds is 1. The van der Waals surface area contributed by atoms with Crippen molar-refractivity contribution in [3.8, 4) is 6.07 Å². The molecule has 1 aromatic carbocycles. The second kappa shape index (κ2) is 3.19. The van der Waals surface area contributed by atoms with Crippen molar-refractivity contribution >= 4 is 5.69 Å². The summed E-state index contributed by atoms with van der Waals surface area (Å²) in [5.74, 6) is -0.731. The smallest absolute Gasteiger partial charge is 0.258 e. The molecular weight excluding hydrogens is 175 g/mol. The van der Waals surface area contributed by atoms with Gasteiger partial charge in [-0.25, -0.2) is 4.39 Å². The van der Waals surface area contributed by atoms with Crippen LogP contribution < -0.4 is 0 Å². The quantitative estimate of drug-likeness (QED) is 0.489. The summed E-state index contributed by atoms with van der Waals surface area (Å²) < 4.78 is 12.9. The fourth-order valence-corrected chi connectivity index (χ4v) is 0.919. The van der Waals surface area contributed by atoms with E-state index in [0.29, 0.717) is 0 Å². The first-order valence-electron chi connectivity index (χ1n) is 3.41. The topological polar surface area (TPSA) is 66.9 Å². The van der Waals surface area contributed by atoms with Gasteiger partial charge in [0, 0.05) is 6.07 Å². The van der Waals surface area contributed by atoms with Gasteiger partial charge in [-0.15, -0.1) is 0 Å². The third-order valence-corrected chi connectivity index (χ3v) is 1.64. The molecule has 0 heterocycles. The minimum Gasteiger partial charge on any atom is -0.258 e. The van der Waals surface area contributed by atoms with E-state index in [9.17, 15) is 14.5 Å². The molecule has 0 aliphatic carbocycles. The summed E-state index contributed by atoms with van der Waals surface area (Å²) in [6, 6.07) is 3.67. The molecular formula is C8H5FN2O2. The lowest BCUT2D eigenvalue weighted by Crippen LogP contribution is -1.95. The Morgan fingerprint density at radius 2 is 2.23 bits per heavy atom. The maximum Gasteiger partial charge on any atom is 0.276 e. The van der Waals surface area contributed by atoms with Gasteiger partial charge in [0.25, 0.3) is 5.69 Å². The molecule has 1 aromatic rings. The summed E-state index contributed by atoms with van der Waals surface area (Å²) in [4.78, 5) is 9.66. The highest BCUT2D eigenvalue weighted by Gasteiger charge is 2.15. The maximum absolute atomic E-state index is 12.9. The molecule has 0 bridgehead atoms. The van der Waals surface area contributed by atoms with E-state index in [2.05, 4.69) is 0 Å². The molecule has 13 heavy (non-hydrogen) atoms. The van der Waals surface area contributed by atoms with Crippen LogP contribution >= 0.6 is 0 Å². The van der Waals surface area contributed by atoms with Crippen molar-refractivity contribution in [2.45, 2.75) is 6.92 Å². The molecule has 1 rings (SSSR count). The summed E-state index contributed by atoms with van der Waals surface area (Å²) in [5.41, 5.74) is -0.463. The van der Waals surface area contributed by atoms with Gasteiger partial charge in [-0.3, -0.25) is 10.1 Å². The minimum absolute atomic E-state index is 0.0465. The van der Waals surface area contributed by atoms with Gasteiger partial charge >= 0.3 is 0 Å². The van der Waals surface area contributed by atoms with E-state index in [1.165, 1.54) is 6.92 Å². The Morgan fingerprint density at radius 3 is 2.69 bits per heavy atom. The average molecular weight is 180 g/mol. The van der Waals surface area contributed by atoms with Crippen LogP contribution in [0.4, 0.5) is 10.1 Å². The van der Waals surface area contributed by atoms with E-state index in [1.807, 2.05) is 0 Å². The first-order valence-corrected chi connectivity index (χ1v) is 3.41. The summed E-state index contributed by atoms with van der Waals surface area (Å²) in [6.45, 7) is 1.30. The van der Waals surface area contributed by atoms with Crippen LogP contribution in [0.3, 0.4) is 0 Å². The summed E-state index contributed by atoms with van der Waals surface area (Å²) >= 11 is 0. The molecule has 0 amide bonds. The Bertz CT molecular complexity index is 409. The zero-order valence-corrected chi connectivity index (χ0v) is 6.74. The van der Waals surface area contributed by atoms with Crippen molar-refractivity contribution < 1.29 is 9.31 Å². The number of halogens is 1. The number of nitriles is 1. The van der Waals surface area contributed by atoms with Gasteiger partial charge in [0.2, 0.25) is 0 Å². The number of hydrogen-bond acceptors (Lipinski definition) is 3. The van der Waals surface area contributed by atoms with Gasteiger partial charge in [0.05, 0.1) is 22.1 Å². The Hall–Kier alpha value is -1.96. The molecule has 66 valence electrons. The van der Waals surface area contributed by atoms with Crippen molar-refractivity contribution in [1.82, 2.24) is 0 Å². The summed E-state index contributed by atoms with van der Waals surface area (Å²) in [5, 5.41) is 18.8. The molecule has 0 saturated carbocycles. The second-order valence-corrected chi connectivity index (χ2v) is 2.47. The largest absolute Gasteiger partial charge is 0.276 e. The van der Waals surface area contributed by atoms with E-state index >= 15 is 0 Å². The van der Waals surface area contributed by atoms with Crippen LogP contribution in [0.2, 0.25) is 0 Å². The lowest BCUT2D eigenvalue weighted by atomic mass is 10.1. The van der Waals surface area contributed by atoms with Crippen LogP contribution in [-0.4, -0.2) is 4.92 Å². The molecule has 0 atom stereocenters. The second-order valence-electron chi connectivity index (χ2n) is 2.47. The highest BCUT2D eigenvalue weighted by atomic mass is 19.1. The lowest BCUT2D eigenvalue weighted by molar-refractivity contribution is -0.385. The van der Waals surface area contributed by atoms with E-state index in [-0.39, 0.29) is 16.8 Å². The molecule has 0 saturated heterocycles. The van der Waals surface area contributed by atoms with Crippen LogP contribution in [0.5, 0.6) is 0 Å². The Labute approximate surface area is 73.4 Å². The molecule has 0 spiro atoms. The SMILES string of the molecule is Cc1c(F)cc(C#N)cc1[N+](=O)[O-]. The third-order valence-electron chi connectivity index (χ3n) is 1.64. The fourth-order valence-electron chi connectivity index (χ4n) is 0.919. The zero-order valence-electron chi connectivity index (χ0n) is 6.74. The molecule has 0 unspecified atom stereocenters. The lowest BCUT2D eigenvalue weighted by Gasteiger charge is -1.98. The van der Waals surface area contributed by atoms with E-state index < -0.39 is 10.7 Å². The van der Waals surface area contributed by atoms with Crippen molar-refractivity contribution in [3.63, 3.8) is 0 Å². The molecule has 0 radical (unpaired) electrons. The van der Waals surface area contributed by atoms with Crippen LogP contribution in [0.15, 0.2) is 12.1 Å². The van der Waals surface area contributed by atoms with Crippen molar-refractivity contribution in [2.75, 3.05) is 0 Å². The minimum atomic E-state index is -0.731. The Balaban J connectivity index is 3.44. The van der Waals surface area contributed by atoms with Crippen LogP contribution in [0.25, 0.3) is 0 Å². The predicted octanol–water partition coefficient (Wildman–Crippen LogP) is 1.91. The van der Waals surface area contributed by atoms with Gasteiger partial charge in [0.15, 0.2) is 0 Å². The highest BCUT2D eigenvalue weighted by molar-refractivity contribution is 5.47. The van der Waals surface area contributed by atoms with Crippen LogP contribution in [0.1, 0.15) is 11.1 Å². The first-order chi connectivity index (χ1) is 6.06. The van der Waals surface area contributed by atoms with Gasteiger partial charge < -0.3 is 0 Å². The number of benzene rings is 1. The predicted molar refractivity (Wildman–Crippen MR) is 42.5 cm³/mol. The van der Waals surface area contributed by atoms with Crippen LogP contribution in [-0.2, 0) is 0 Å². The van der Waals surface area contributed by atoms with Gasteiger partial charge in [-0.1, -0.05) is 0 Å². The first kappa shape index (κ1) is 9.13. The number of nitrogens with zero attached hydrogens (tertiary/aromatic N) is 2. The fraction of sp³-hybridized carbons (Fsp3) is 0.125. The molecule has 0 aliphatic rings. The van der Waals surface area contributed by atoms with Gasteiger partial charge in [0.1, 0.15) is 5.82 Å². The van der Waals surface area contributed by atoms with Gasteiger partial charge in [-0.2, -0.15) is 5.26 Å². The Morgan fingerprint density at radius 1 is 1.62 bits per heavy atom. The summed E-state index contributed by atoms with van der Waals surface area (Å²) in [6.07, 6.45) is 0.